The van der Waals surface area contributed by atoms with Crippen LogP contribution in [0, 0.1) is 0 Å². The van der Waals surface area contributed by atoms with Crippen molar-refractivity contribution in [3.05, 3.63) is 51.2 Å². The molecule has 8 heteroatoms. The highest BCUT2D eigenvalue weighted by molar-refractivity contribution is 6.42. The lowest BCUT2D eigenvalue weighted by Crippen LogP contribution is -2.49. The van der Waals surface area contributed by atoms with Gasteiger partial charge in [-0.15, -0.1) is 0 Å². The number of halogens is 3. The van der Waals surface area contributed by atoms with E-state index in [1.165, 1.54) is 17.1 Å². The number of hydrogen-bond acceptors (Lipinski definition) is 3. The van der Waals surface area contributed by atoms with Gasteiger partial charge in [0.15, 0.2) is 0 Å². The van der Waals surface area contributed by atoms with Crippen molar-refractivity contribution in [2.24, 2.45) is 0 Å². The van der Waals surface area contributed by atoms with E-state index in [2.05, 4.69) is 10.00 Å². The second-order valence-electron chi connectivity index (χ2n) is 5.40. The van der Waals surface area contributed by atoms with Gasteiger partial charge in [-0.25, -0.2) is 4.79 Å². The maximum atomic E-state index is 12.3. The van der Waals surface area contributed by atoms with Gasteiger partial charge in [-0.05, 0) is 17.7 Å². The van der Waals surface area contributed by atoms with Crippen LogP contribution in [0.15, 0.2) is 30.6 Å². The van der Waals surface area contributed by atoms with Gasteiger partial charge in [-0.3, -0.25) is 4.90 Å². The summed E-state index contributed by atoms with van der Waals surface area (Å²) in [5.74, 6) is 0. The molecule has 1 saturated heterocycles. The summed E-state index contributed by atoms with van der Waals surface area (Å²) >= 11 is 17.8. The third-order valence-corrected chi connectivity index (χ3v) is 4.71. The molecule has 0 radical (unpaired) electrons. The van der Waals surface area contributed by atoms with E-state index in [4.69, 9.17) is 34.8 Å². The zero-order valence-electron chi connectivity index (χ0n) is 14.3. The Morgan fingerprint density at radius 2 is 1.76 bits per heavy atom. The number of amides is 1. The average Bonchev–Trinajstić information content (AvgIpc) is 3.06. The maximum absolute atomic E-state index is 12.3. The molecule has 0 aliphatic carbocycles. The molecule has 1 aliphatic rings. The number of benzene rings is 1. The Balaban J connectivity index is 0.00000109. The molecule has 0 unspecified atom stereocenters. The molecule has 1 aromatic carbocycles. The molecule has 5 nitrogen and oxygen atoms in total. The molecule has 3 rings (SSSR count). The molecule has 2 heterocycles. The van der Waals surface area contributed by atoms with Gasteiger partial charge in [0.2, 0.25) is 0 Å². The van der Waals surface area contributed by atoms with Crippen molar-refractivity contribution >= 4 is 40.8 Å². The monoisotopic (exact) mass is 402 g/mol. The first-order valence-corrected chi connectivity index (χ1v) is 9.32. The van der Waals surface area contributed by atoms with Crippen molar-refractivity contribution in [1.29, 1.82) is 0 Å². The van der Waals surface area contributed by atoms with Crippen LogP contribution < -0.4 is 0 Å². The summed E-state index contributed by atoms with van der Waals surface area (Å²) in [5.41, 5.74) is 1.11. The minimum absolute atomic E-state index is 0.147. The maximum Gasteiger partial charge on any atom is 0.344 e. The van der Waals surface area contributed by atoms with E-state index >= 15 is 0 Å². The van der Waals surface area contributed by atoms with Crippen LogP contribution in [0.3, 0.4) is 0 Å². The Bertz CT molecular complexity index is 712. The second kappa shape index (κ2) is 9.43. The van der Waals surface area contributed by atoms with Crippen molar-refractivity contribution in [2.75, 3.05) is 26.2 Å². The Labute approximate surface area is 163 Å². The normalized spacial score (nSPS) is 14.8. The molecule has 0 atom stereocenters. The van der Waals surface area contributed by atoms with Gasteiger partial charge >= 0.3 is 6.03 Å². The Hall–Kier alpha value is -1.27. The highest BCUT2D eigenvalue weighted by Gasteiger charge is 2.22. The summed E-state index contributed by atoms with van der Waals surface area (Å²) in [7, 11) is 0. The van der Waals surface area contributed by atoms with Gasteiger partial charge in [0.05, 0.1) is 27.5 Å². The molecule has 0 saturated carbocycles. The van der Waals surface area contributed by atoms with Crippen LogP contribution in [-0.4, -0.2) is 51.8 Å². The molecule has 1 amide bonds. The molecular weight excluding hydrogens is 383 g/mol. The van der Waals surface area contributed by atoms with Crippen LogP contribution >= 0.6 is 34.8 Å². The van der Waals surface area contributed by atoms with E-state index < -0.39 is 0 Å². The van der Waals surface area contributed by atoms with E-state index in [9.17, 15) is 4.79 Å². The lowest BCUT2D eigenvalue weighted by Gasteiger charge is -2.34. The molecule has 0 N–H and O–H groups in total. The number of hydrogen-bond donors (Lipinski definition) is 0. The van der Waals surface area contributed by atoms with Crippen molar-refractivity contribution < 1.29 is 4.79 Å². The Kier molecular flexibility index (Phi) is 7.56. The SMILES string of the molecule is CC.O=C(N1CCN(Cc2ccc(Cl)c(Cl)c2)CC1)n1cc(Cl)cn1. The van der Waals surface area contributed by atoms with Gasteiger partial charge in [0.25, 0.3) is 0 Å². The third kappa shape index (κ3) is 5.35. The standard InChI is InChI=1S/C15H15Cl3N4O.C2H6/c16-12-8-19-22(10-12)15(23)21-5-3-20(4-6-21)9-11-1-2-13(17)14(18)7-11;1-2/h1-2,7-8,10H,3-6,9H2;1-2H3. The first kappa shape index (κ1) is 20.0. The van der Waals surface area contributed by atoms with Crippen molar-refractivity contribution in [3.8, 4) is 0 Å². The van der Waals surface area contributed by atoms with Gasteiger partial charge in [-0.2, -0.15) is 9.78 Å². The van der Waals surface area contributed by atoms with Gasteiger partial charge in [0, 0.05) is 32.7 Å². The molecule has 1 aromatic heterocycles. The largest absolute Gasteiger partial charge is 0.344 e. The summed E-state index contributed by atoms with van der Waals surface area (Å²) in [6.45, 7) is 7.67. The molecule has 2 aromatic rings. The van der Waals surface area contributed by atoms with Crippen LogP contribution in [0.5, 0.6) is 0 Å². The van der Waals surface area contributed by atoms with Crippen LogP contribution in [0.2, 0.25) is 15.1 Å². The van der Waals surface area contributed by atoms with E-state index in [1.807, 2.05) is 26.0 Å². The molecular formula is C17H21Cl3N4O. The van der Waals surface area contributed by atoms with Gasteiger partial charge in [0.1, 0.15) is 0 Å². The Morgan fingerprint density at radius 1 is 1.08 bits per heavy atom. The van der Waals surface area contributed by atoms with Gasteiger partial charge in [-0.1, -0.05) is 54.7 Å². The van der Waals surface area contributed by atoms with Crippen molar-refractivity contribution in [2.45, 2.75) is 20.4 Å². The number of carbonyl (C=O) groups excluding carboxylic acids is 1. The quantitative estimate of drug-likeness (QED) is 0.732. The van der Waals surface area contributed by atoms with Crippen molar-refractivity contribution in [1.82, 2.24) is 19.6 Å². The van der Waals surface area contributed by atoms with Crippen LogP contribution in [0.4, 0.5) is 4.79 Å². The number of rotatable bonds is 2. The molecule has 0 spiro atoms. The first-order chi connectivity index (χ1) is 12.0. The van der Waals surface area contributed by atoms with E-state index in [1.54, 1.807) is 11.0 Å². The predicted molar refractivity (Wildman–Crippen MR) is 103 cm³/mol. The summed E-state index contributed by atoms with van der Waals surface area (Å²) in [4.78, 5) is 16.3. The molecule has 1 fully saturated rings. The van der Waals surface area contributed by atoms with E-state index in [0.29, 0.717) is 28.2 Å². The highest BCUT2D eigenvalue weighted by atomic mass is 35.5. The summed E-state index contributed by atoms with van der Waals surface area (Å²) in [6.07, 6.45) is 2.98. The summed E-state index contributed by atoms with van der Waals surface area (Å²) in [6, 6.07) is 5.51. The molecule has 136 valence electrons. The highest BCUT2D eigenvalue weighted by Crippen LogP contribution is 2.23. The third-order valence-electron chi connectivity index (χ3n) is 3.78. The van der Waals surface area contributed by atoms with E-state index in [0.717, 1.165) is 25.2 Å². The molecule has 0 bridgehead atoms. The topological polar surface area (TPSA) is 41.4 Å². The van der Waals surface area contributed by atoms with Crippen LogP contribution in [0.1, 0.15) is 19.4 Å². The molecule has 1 aliphatic heterocycles. The predicted octanol–water partition coefficient (Wildman–Crippen LogP) is 4.66. The van der Waals surface area contributed by atoms with Gasteiger partial charge < -0.3 is 4.90 Å². The zero-order chi connectivity index (χ0) is 18.4. The summed E-state index contributed by atoms with van der Waals surface area (Å²) < 4.78 is 1.27. The van der Waals surface area contributed by atoms with Crippen molar-refractivity contribution in [3.63, 3.8) is 0 Å². The summed E-state index contributed by atoms with van der Waals surface area (Å²) in [5, 5.41) is 5.53. The van der Waals surface area contributed by atoms with Crippen LogP contribution in [0.25, 0.3) is 0 Å². The smallest absolute Gasteiger partial charge is 0.320 e. The lowest BCUT2D eigenvalue weighted by molar-refractivity contribution is 0.134. The number of piperazine rings is 1. The fraction of sp³-hybridized carbons (Fsp3) is 0.412. The lowest BCUT2D eigenvalue weighted by atomic mass is 10.2. The van der Waals surface area contributed by atoms with E-state index in [-0.39, 0.29) is 6.03 Å². The minimum atomic E-state index is -0.147. The number of aromatic nitrogens is 2. The van der Waals surface area contributed by atoms with Crippen LogP contribution in [-0.2, 0) is 6.54 Å². The molecule has 25 heavy (non-hydrogen) atoms. The fourth-order valence-corrected chi connectivity index (χ4v) is 3.00. The minimum Gasteiger partial charge on any atom is -0.320 e. The second-order valence-corrected chi connectivity index (χ2v) is 6.65. The number of carbonyl (C=O) groups is 1. The first-order valence-electron chi connectivity index (χ1n) is 8.18. The number of nitrogens with zero attached hydrogens (tertiary/aromatic N) is 4. The fourth-order valence-electron chi connectivity index (χ4n) is 2.54. The average molecular weight is 404 g/mol. The zero-order valence-corrected chi connectivity index (χ0v) is 16.5. The Morgan fingerprint density at radius 3 is 2.32 bits per heavy atom.